The van der Waals surface area contributed by atoms with Crippen LogP contribution in [0.15, 0.2) is 30.3 Å². The van der Waals surface area contributed by atoms with Gasteiger partial charge in [0.2, 0.25) is 11.8 Å². The molecule has 0 aliphatic carbocycles. The Morgan fingerprint density at radius 1 is 0.958 bits per heavy atom. The Morgan fingerprint density at radius 3 is 2.17 bits per heavy atom. The number of amides is 2. The minimum atomic E-state index is -0.386. The number of rotatable bonds is 5. The summed E-state index contributed by atoms with van der Waals surface area (Å²) in [5.41, 5.74) is 6.58. The highest BCUT2D eigenvalue weighted by Crippen LogP contribution is 2.22. The highest BCUT2D eigenvalue weighted by molar-refractivity contribution is 5.81. The third-order valence-electron chi connectivity index (χ3n) is 4.97. The summed E-state index contributed by atoms with van der Waals surface area (Å²) < 4.78 is 0. The Hall–Kier alpha value is -1.92. The average Bonchev–Trinajstić information content (AvgIpc) is 3.12. The quantitative estimate of drug-likeness (QED) is 0.851. The Kier molecular flexibility index (Phi) is 5.48. The number of nitrogens with two attached hydrogens (primary N) is 1. The zero-order chi connectivity index (χ0) is 16.9. The number of hydrogen-bond acceptors (Lipinski definition) is 4. The van der Waals surface area contributed by atoms with Crippen LogP contribution in [-0.4, -0.2) is 72.3 Å². The number of nitrogens with zero attached hydrogens (tertiary/aromatic N) is 3. The van der Waals surface area contributed by atoms with Crippen LogP contribution in [0, 0.1) is 0 Å². The van der Waals surface area contributed by atoms with Gasteiger partial charge in [-0.15, -0.1) is 0 Å². The van der Waals surface area contributed by atoms with Crippen molar-refractivity contribution in [2.24, 2.45) is 5.73 Å². The van der Waals surface area contributed by atoms with E-state index in [9.17, 15) is 9.59 Å². The van der Waals surface area contributed by atoms with E-state index in [4.69, 9.17) is 5.73 Å². The molecule has 0 saturated carbocycles. The Labute approximate surface area is 143 Å². The molecule has 24 heavy (non-hydrogen) atoms. The van der Waals surface area contributed by atoms with E-state index < -0.39 is 0 Å². The topological polar surface area (TPSA) is 69.9 Å². The van der Waals surface area contributed by atoms with Crippen LogP contribution >= 0.6 is 0 Å². The Morgan fingerprint density at radius 2 is 1.58 bits per heavy atom. The molecule has 2 heterocycles. The van der Waals surface area contributed by atoms with Crippen LogP contribution in [0.25, 0.3) is 0 Å². The standard InChI is InChI=1S/C18H26N4O2/c19-18(24)17(15-6-2-1-3-7-15)22-12-10-20(11-13-22)14-16(23)21-8-4-5-9-21/h1-3,6-7,17H,4-5,8-14H2,(H2,19,24). The lowest BCUT2D eigenvalue weighted by molar-refractivity contribution is -0.132. The Bertz CT molecular complexity index is 564. The summed E-state index contributed by atoms with van der Waals surface area (Å²) in [5.74, 6) is -0.0850. The highest BCUT2D eigenvalue weighted by atomic mass is 16.2. The second kappa shape index (κ2) is 7.77. The zero-order valence-electron chi connectivity index (χ0n) is 14.1. The van der Waals surface area contributed by atoms with Crippen LogP contribution in [0.3, 0.4) is 0 Å². The molecule has 2 N–H and O–H groups in total. The molecule has 0 spiro atoms. The minimum Gasteiger partial charge on any atom is -0.368 e. The summed E-state index contributed by atoms with van der Waals surface area (Å²) in [4.78, 5) is 30.5. The molecule has 1 aromatic rings. The zero-order valence-corrected chi connectivity index (χ0v) is 14.1. The van der Waals surface area contributed by atoms with Gasteiger partial charge in [0.05, 0.1) is 6.54 Å². The maximum atomic E-state index is 12.3. The second-order valence-electron chi connectivity index (χ2n) is 6.62. The molecule has 0 bridgehead atoms. The van der Waals surface area contributed by atoms with Gasteiger partial charge in [-0.05, 0) is 18.4 Å². The number of likely N-dealkylation sites (tertiary alicyclic amines) is 1. The number of carbonyl (C=O) groups is 2. The highest BCUT2D eigenvalue weighted by Gasteiger charge is 2.30. The van der Waals surface area contributed by atoms with Crippen LogP contribution in [-0.2, 0) is 9.59 Å². The predicted molar refractivity (Wildman–Crippen MR) is 92.2 cm³/mol. The fraction of sp³-hybridized carbons (Fsp3) is 0.556. The van der Waals surface area contributed by atoms with E-state index in [-0.39, 0.29) is 17.9 Å². The normalized spacial score (nSPS) is 20.9. The lowest BCUT2D eigenvalue weighted by atomic mass is 10.0. The van der Waals surface area contributed by atoms with Gasteiger partial charge in [-0.25, -0.2) is 0 Å². The first-order valence-electron chi connectivity index (χ1n) is 8.73. The lowest BCUT2D eigenvalue weighted by Crippen LogP contribution is -2.52. The number of piperazine rings is 1. The van der Waals surface area contributed by atoms with E-state index in [1.54, 1.807) is 0 Å². The largest absolute Gasteiger partial charge is 0.368 e. The molecular weight excluding hydrogens is 304 g/mol. The predicted octanol–water partition coefficient (Wildman–Crippen LogP) is 0.453. The molecule has 0 aromatic heterocycles. The molecular formula is C18H26N4O2. The van der Waals surface area contributed by atoms with E-state index in [1.807, 2.05) is 35.2 Å². The molecule has 130 valence electrons. The van der Waals surface area contributed by atoms with Gasteiger partial charge in [0.15, 0.2) is 0 Å². The van der Waals surface area contributed by atoms with Gasteiger partial charge >= 0.3 is 0 Å². The summed E-state index contributed by atoms with van der Waals surface area (Å²) in [6, 6.07) is 9.29. The van der Waals surface area contributed by atoms with Crippen LogP contribution in [0.5, 0.6) is 0 Å². The van der Waals surface area contributed by atoms with Gasteiger partial charge in [0, 0.05) is 39.3 Å². The summed E-state index contributed by atoms with van der Waals surface area (Å²) in [5, 5.41) is 0. The van der Waals surface area contributed by atoms with Gasteiger partial charge in [-0.1, -0.05) is 30.3 Å². The van der Waals surface area contributed by atoms with Crippen molar-refractivity contribution in [2.45, 2.75) is 18.9 Å². The fourth-order valence-electron chi connectivity index (χ4n) is 3.63. The van der Waals surface area contributed by atoms with Crippen LogP contribution in [0.4, 0.5) is 0 Å². The maximum Gasteiger partial charge on any atom is 0.239 e. The van der Waals surface area contributed by atoms with Crippen molar-refractivity contribution in [1.82, 2.24) is 14.7 Å². The molecule has 2 aliphatic rings. The summed E-state index contributed by atoms with van der Waals surface area (Å²) in [7, 11) is 0. The third-order valence-corrected chi connectivity index (χ3v) is 4.97. The summed E-state index contributed by atoms with van der Waals surface area (Å²) >= 11 is 0. The molecule has 1 aromatic carbocycles. The molecule has 6 nitrogen and oxygen atoms in total. The van der Waals surface area contributed by atoms with Gasteiger partial charge in [-0.2, -0.15) is 0 Å². The van der Waals surface area contributed by atoms with Crippen molar-refractivity contribution in [1.29, 1.82) is 0 Å². The number of benzene rings is 1. The maximum absolute atomic E-state index is 12.3. The SMILES string of the molecule is NC(=O)C(c1ccccc1)N1CCN(CC(=O)N2CCCC2)CC1. The summed E-state index contributed by atoms with van der Waals surface area (Å²) in [6.45, 7) is 5.35. The van der Waals surface area contributed by atoms with Crippen molar-refractivity contribution in [3.63, 3.8) is 0 Å². The van der Waals surface area contributed by atoms with Crippen LogP contribution in [0.2, 0.25) is 0 Å². The van der Waals surface area contributed by atoms with Gasteiger partial charge in [-0.3, -0.25) is 19.4 Å². The minimum absolute atomic E-state index is 0.232. The number of hydrogen-bond donors (Lipinski definition) is 1. The molecule has 3 rings (SSSR count). The van der Waals surface area contributed by atoms with E-state index in [0.717, 1.165) is 57.7 Å². The van der Waals surface area contributed by atoms with Crippen molar-refractivity contribution < 1.29 is 9.59 Å². The Balaban J connectivity index is 1.55. The van der Waals surface area contributed by atoms with Crippen molar-refractivity contribution in [3.05, 3.63) is 35.9 Å². The van der Waals surface area contributed by atoms with Crippen LogP contribution < -0.4 is 5.73 Å². The molecule has 2 fully saturated rings. The van der Waals surface area contributed by atoms with E-state index >= 15 is 0 Å². The number of primary amides is 1. The number of carbonyl (C=O) groups excluding carboxylic acids is 2. The molecule has 1 atom stereocenters. The van der Waals surface area contributed by atoms with Gasteiger partial charge in [0.1, 0.15) is 6.04 Å². The van der Waals surface area contributed by atoms with Gasteiger partial charge < -0.3 is 10.6 Å². The second-order valence-corrected chi connectivity index (χ2v) is 6.62. The van der Waals surface area contributed by atoms with Crippen molar-refractivity contribution in [2.75, 3.05) is 45.8 Å². The monoisotopic (exact) mass is 330 g/mol. The van der Waals surface area contributed by atoms with E-state index in [2.05, 4.69) is 9.80 Å². The average molecular weight is 330 g/mol. The first-order valence-corrected chi connectivity index (χ1v) is 8.73. The van der Waals surface area contributed by atoms with E-state index in [1.165, 1.54) is 0 Å². The molecule has 0 radical (unpaired) electrons. The molecule has 2 aliphatic heterocycles. The molecule has 2 saturated heterocycles. The van der Waals surface area contributed by atoms with Gasteiger partial charge in [0.25, 0.3) is 0 Å². The lowest BCUT2D eigenvalue weighted by Gasteiger charge is -2.38. The van der Waals surface area contributed by atoms with Crippen LogP contribution in [0.1, 0.15) is 24.4 Å². The van der Waals surface area contributed by atoms with Crippen molar-refractivity contribution >= 4 is 11.8 Å². The van der Waals surface area contributed by atoms with E-state index in [0.29, 0.717) is 6.54 Å². The summed E-state index contributed by atoms with van der Waals surface area (Å²) in [6.07, 6.45) is 2.24. The first kappa shape index (κ1) is 16.9. The molecule has 2 amide bonds. The fourth-order valence-corrected chi connectivity index (χ4v) is 3.63. The van der Waals surface area contributed by atoms with Crippen molar-refractivity contribution in [3.8, 4) is 0 Å². The third kappa shape index (κ3) is 3.94. The smallest absolute Gasteiger partial charge is 0.239 e. The molecule has 6 heteroatoms. The first-order chi connectivity index (χ1) is 11.6. The molecule has 1 unspecified atom stereocenters.